The molecule has 27 heavy (non-hydrogen) atoms. The van der Waals surface area contributed by atoms with E-state index >= 15 is 0 Å². The number of nitrogens with one attached hydrogen (secondary N) is 1. The Hall–Kier alpha value is -2.22. The van der Waals surface area contributed by atoms with Gasteiger partial charge in [-0.25, -0.2) is 4.79 Å². The number of hydrogen-bond acceptors (Lipinski definition) is 6. The molecule has 0 radical (unpaired) electrons. The van der Waals surface area contributed by atoms with Crippen LogP contribution in [0.1, 0.15) is 24.2 Å². The maximum atomic E-state index is 12.6. The van der Waals surface area contributed by atoms with Gasteiger partial charge < -0.3 is 14.8 Å². The highest BCUT2D eigenvalue weighted by atomic mass is 32.1. The Morgan fingerprint density at radius 3 is 2.52 bits per heavy atom. The van der Waals surface area contributed by atoms with E-state index in [1.54, 1.807) is 6.07 Å². The summed E-state index contributed by atoms with van der Waals surface area (Å²) >= 11 is 1.37. The predicted molar refractivity (Wildman–Crippen MR) is 106 cm³/mol. The van der Waals surface area contributed by atoms with E-state index in [0.717, 1.165) is 10.4 Å². The summed E-state index contributed by atoms with van der Waals surface area (Å²) in [7, 11) is 1.34. The van der Waals surface area contributed by atoms with E-state index in [1.165, 1.54) is 18.4 Å². The number of nitrogens with zero attached hydrogens (tertiary/aromatic N) is 1. The molecule has 1 fully saturated rings. The summed E-state index contributed by atoms with van der Waals surface area (Å²) in [4.78, 5) is 27.7. The molecule has 0 saturated carbocycles. The van der Waals surface area contributed by atoms with Crippen LogP contribution in [-0.2, 0) is 14.3 Å². The number of methoxy groups -OCH3 is 1. The molecule has 1 aromatic carbocycles. The summed E-state index contributed by atoms with van der Waals surface area (Å²) in [5.41, 5.74) is 1.36. The van der Waals surface area contributed by atoms with Crippen molar-refractivity contribution in [3.05, 3.63) is 42.0 Å². The van der Waals surface area contributed by atoms with Gasteiger partial charge in [-0.1, -0.05) is 30.3 Å². The molecule has 7 heteroatoms. The lowest BCUT2D eigenvalue weighted by Crippen LogP contribution is -2.48. The average Bonchev–Trinajstić information content (AvgIpc) is 3.04. The highest BCUT2D eigenvalue weighted by Crippen LogP contribution is 2.35. The fraction of sp³-hybridized carbons (Fsp3) is 0.400. The van der Waals surface area contributed by atoms with Gasteiger partial charge in [-0.2, -0.15) is 0 Å². The summed E-state index contributed by atoms with van der Waals surface area (Å²) in [6, 6.07) is 11.5. The molecule has 1 amide bonds. The van der Waals surface area contributed by atoms with Crippen molar-refractivity contribution in [3.63, 3.8) is 0 Å². The molecule has 6 nitrogen and oxygen atoms in total. The molecule has 1 aliphatic rings. The average molecular weight is 388 g/mol. The van der Waals surface area contributed by atoms with Gasteiger partial charge in [0.05, 0.1) is 31.4 Å². The molecule has 2 aromatic rings. The van der Waals surface area contributed by atoms with Crippen LogP contribution in [-0.4, -0.2) is 55.7 Å². The van der Waals surface area contributed by atoms with Crippen molar-refractivity contribution >= 4 is 28.2 Å². The molecule has 2 atom stereocenters. The highest BCUT2D eigenvalue weighted by molar-refractivity contribution is 7.20. The lowest BCUT2D eigenvalue weighted by Gasteiger charge is -2.34. The van der Waals surface area contributed by atoms with Gasteiger partial charge in [0.25, 0.3) is 0 Å². The zero-order valence-corrected chi connectivity index (χ0v) is 16.5. The number of thiophene rings is 1. The number of esters is 1. The van der Waals surface area contributed by atoms with E-state index in [-0.39, 0.29) is 24.7 Å². The number of ether oxygens (including phenoxy) is 2. The quantitative estimate of drug-likeness (QED) is 0.797. The van der Waals surface area contributed by atoms with E-state index in [2.05, 4.69) is 10.2 Å². The molecule has 1 aromatic heterocycles. The number of anilines is 1. The van der Waals surface area contributed by atoms with Gasteiger partial charge in [-0.15, -0.1) is 11.3 Å². The summed E-state index contributed by atoms with van der Waals surface area (Å²) < 4.78 is 10.6. The SMILES string of the molecule is COC(=O)c1cc(-c2ccccc2)sc1NC(=O)CN1C[C@H](C)O[C@@H](C)C1. The van der Waals surface area contributed by atoms with Gasteiger partial charge in [0.15, 0.2) is 0 Å². The van der Waals surface area contributed by atoms with Crippen LogP contribution in [0.2, 0.25) is 0 Å². The monoisotopic (exact) mass is 388 g/mol. The fourth-order valence-electron chi connectivity index (χ4n) is 3.27. The highest BCUT2D eigenvalue weighted by Gasteiger charge is 2.25. The van der Waals surface area contributed by atoms with Gasteiger partial charge in [-0.05, 0) is 25.5 Å². The predicted octanol–water partition coefficient (Wildman–Crippen LogP) is 3.25. The van der Waals surface area contributed by atoms with Crippen LogP contribution in [0.3, 0.4) is 0 Å². The minimum atomic E-state index is -0.461. The molecule has 1 saturated heterocycles. The molecule has 0 aliphatic carbocycles. The largest absolute Gasteiger partial charge is 0.465 e. The molecule has 0 bridgehead atoms. The van der Waals surface area contributed by atoms with Gasteiger partial charge >= 0.3 is 5.97 Å². The first-order valence-corrected chi connectivity index (χ1v) is 9.73. The topological polar surface area (TPSA) is 67.9 Å². The van der Waals surface area contributed by atoms with Crippen LogP contribution in [0, 0.1) is 0 Å². The van der Waals surface area contributed by atoms with Crippen LogP contribution in [0.25, 0.3) is 10.4 Å². The lowest BCUT2D eigenvalue weighted by atomic mass is 10.1. The Bertz CT molecular complexity index is 796. The molecule has 2 heterocycles. The van der Waals surface area contributed by atoms with Gasteiger partial charge in [0.1, 0.15) is 5.00 Å². The number of carbonyl (C=O) groups is 2. The van der Waals surface area contributed by atoms with Crippen LogP contribution >= 0.6 is 11.3 Å². The molecule has 144 valence electrons. The maximum absolute atomic E-state index is 12.6. The summed E-state index contributed by atoms with van der Waals surface area (Å²) in [6.07, 6.45) is 0.192. The van der Waals surface area contributed by atoms with Crippen LogP contribution < -0.4 is 5.32 Å². The zero-order chi connectivity index (χ0) is 19.4. The third kappa shape index (κ3) is 4.94. The molecule has 1 N–H and O–H groups in total. The van der Waals surface area contributed by atoms with Crippen LogP contribution in [0.4, 0.5) is 5.00 Å². The molecular weight excluding hydrogens is 364 g/mol. The van der Waals surface area contributed by atoms with Crippen molar-refractivity contribution in [1.29, 1.82) is 0 Å². The molecule has 3 rings (SSSR count). The Balaban J connectivity index is 1.75. The summed E-state index contributed by atoms with van der Waals surface area (Å²) in [5.74, 6) is -0.611. The zero-order valence-electron chi connectivity index (χ0n) is 15.7. The molecule has 1 aliphatic heterocycles. The second-order valence-corrected chi connectivity index (χ2v) is 7.76. The van der Waals surface area contributed by atoms with Crippen molar-refractivity contribution in [1.82, 2.24) is 4.90 Å². The molecule has 0 spiro atoms. The first-order valence-electron chi connectivity index (χ1n) is 8.91. The third-order valence-electron chi connectivity index (χ3n) is 4.31. The number of rotatable bonds is 5. The maximum Gasteiger partial charge on any atom is 0.340 e. The smallest absolute Gasteiger partial charge is 0.340 e. The van der Waals surface area contributed by atoms with Crippen molar-refractivity contribution in [2.24, 2.45) is 0 Å². The van der Waals surface area contributed by atoms with E-state index < -0.39 is 5.97 Å². The Morgan fingerprint density at radius 2 is 1.89 bits per heavy atom. The fourth-order valence-corrected chi connectivity index (χ4v) is 4.34. The minimum Gasteiger partial charge on any atom is -0.465 e. The van der Waals surface area contributed by atoms with Crippen molar-refractivity contribution < 1.29 is 19.1 Å². The first kappa shape index (κ1) is 19.5. The first-order chi connectivity index (χ1) is 13.0. The van der Waals surface area contributed by atoms with Crippen LogP contribution in [0.5, 0.6) is 0 Å². The van der Waals surface area contributed by atoms with Gasteiger partial charge in [-0.3, -0.25) is 9.69 Å². The number of carbonyl (C=O) groups excluding carboxylic acids is 2. The van der Waals surface area contributed by atoms with Crippen molar-refractivity contribution in [2.45, 2.75) is 26.1 Å². The second kappa shape index (κ2) is 8.65. The Morgan fingerprint density at radius 1 is 1.22 bits per heavy atom. The van der Waals surface area contributed by atoms with Crippen molar-refractivity contribution in [2.75, 3.05) is 32.1 Å². The standard InChI is InChI=1S/C20H24N2O4S/c1-13-10-22(11-14(2)26-13)12-18(23)21-19-16(20(24)25-3)9-17(27-19)15-7-5-4-6-8-15/h4-9,13-14H,10-12H2,1-3H3,(H,21,23)/t13-,14-/m0/s1. The normalized spacial score (nSPS) is 20.3. The Labute approximate surface area is 163 Å². The number of amides is 1. The molecular formula is C20H24N2O4S. The number of benzene rings is 1. The summed E-state index contributed by atoms with van der Waals surface area (Å²) in [5, 5.41) is 3.40. The third-order valence-corrected chi connectivity index (χ3v) is 5.41. The lowest BCUT2D eigenvalue weighted by molar-refractivity contribution is -0.121. The van der Waals surface area contributed by atoms with Crippen LogP contribution in [0.15, 0.2) is 36.4 Å². The van der Waals surface area contributed by atoms with Crippen molar-refractivity contribution in [3.8, 4) is 10.4 Å². The number of hydrogen-bond donors (Lipinski definition) is 1. The van der Waals surface area contributed by atoms with E-state index in [9.17, 15) is 9.59 Å². The Kier molecular flexibility index (Phi) is 6.26. The van der Waals surface area contributed by atoms with E-state index in [4.69, 9.17) is 9.47 Å². The van der Waals surface area contributed by atoms with E-state index in [1.807, 2.05) is 44.2 Å². The second-order valence-electron chi connectivity index (χ2n) is 6.71. The molecule has 0 unspecified atom stereocenters. The number of morpholine rings is 1. The van der Waals surface area contributed by atoms with Gasteiger partial charge in [0.2, 0.25) is 5.91 Å². The van der Waals surface area contributed by atoms with E-state index in [0.29, 0.717) is 23.7 Å². The summed E-state index contributed by atoms with van der Waals surface area (Å²) in [6.45, 7) is 5.68. The minimum absolute atomic E-state index is 0.0959. The van der Waals surface area contributed by atoms with Gasteiger partial charge in [0, 0.05) is 18.0 Å².